The molecule has 2 heterocycles. The van der Waals surface area contributed by atoms with E-state index < -0.39 is 0 Å². The lowest BCUT2D eigenvalue weighted by Crippen LogP contribution is -3.13. The number of hydrogen-bond acceptors (Lipinski definition) is 2. The second-order valence-electron chi connectivity index (χ2n) is 8.50. The van der Waals surface area contributed by atoms with Crippen molar-refractivity contribution >= 4 is 22.2 Å². The normalized spacial score (nSPS) is 19.7. The fourth-order valence-electron chi connectivity index (χ4n) is 4.45. The topological polar surface area (TPSA) is 33.5 Å². The summed E-state index contributed by atoms with van der Waals surface area (Å²) in [6, 6.07) is 18.5. The lowest BCUT2D eigenvalue weighted by atomic mass is 9.92. The Morgan fingerprint density at radius 2 is 1.87 bits per heavy atom. The van der Waals surface area contributed by atoms with Gasteiger partial charge >= 0.3 is 0 Å². The van der Waals surface area contributed by atoms with Crippen LogP contribution in [0.3, 0.4) is 0 Å². The number of benzene rings is 2. The Kier molecular flexibility index (Phi) is 6.83. The summed E-state index contributed by atoms with van der Waals surface area (Å²) in [4.78, 5) is 15.6. The fourth-order valence-corrected chi connectivity index (χ4v) is 5.48. The number of carbonyl (C=O) groups excluding carboxylic acids is 1. The monoisotopic (exact) mass is 437 g/mol. The first-order valence-corrected chi connectivity index (χ1v) is 12.0. The highest BCUT2D eigenvalue weighted by Crippen LogP contribution is 2.36. The van der Waals surface area contributed by atoms with Gasteiger partial charge in [-0.1, -0.05) is 44.2 Å². The molecule has 2 N–H and O–H groups in total. The van der Waals surface area contributed by atoms with Crippen molar-refractivity contribution in [3.8, 4) is 0 Å². The molecule has 0 unspecified atom stereocenters. The van der Waals surface area contributed by atoms with Gasteiger partial charge in [0.2, 0.25) is 0 Å². The predicted molar refractivity (Wildman–Crippen MR) is 125 cm³/mol. The van der Waals surface area contributed by atoms with Crippen molar-refractivity contribution in [2.45, 2.75) is 39.2 Å². The molecule has 1 aliphatic heterocycles. The molecule has 31 heavy (non-hydrogen) atoms. The first kappa shape index (κ1) is 21.7. The van der Waals surface area contributed by atoms with Crippen LogP contribution < -0.4 is 10.2 Å². The summed E-state index contributed by atoms with van der Waals surface area (Å²) in [5, 5.41) is 4.05. The minimum atomic E-state index is -0.215. The number of halogens is 1. The van der Waals surface area contributed by atoms with Gasteiger partial charge < -0.3 is 10.2 Å². The highest BCUT2D eigenvalue weighted by molar-refractivity contribution is 7.16. The molecule has 0 aliphatic carbocycles. The van der Waals surface area contributed by atoms with Crippen LogP contribution in [0.15, 0.2) is 60.7 Å². The third-order valence-corrected chi connectivity index (χ3v) is 7.45. The van der Waals surface area contributed by atoms with Crippen LogP contribution in [0.2, 0.25) is 0 Å². The van der Waals surface area contributed by atoms with E-state index in [1.807, 2.05) is 36.4 Å². The Bertz CT molecular complexity index is 1020. The van der Waals surface area contributed by atoms with E-state index in [9.17, 15) is 9.18 Å². The summed E-state index contributed by atoms with van der Waals surface area (Å²) in [6.45, 7) is 6.53. The molecule has 1 fully saturated rings. The largest absolute Gasteiger partial charge is 0.325 e. The van der Waals surface area contributed by atoms with E-state index in [1.54, 1.807) is 23.5 Å². The van der Waals surface area contributed by atoms with E-state index in [0.29, 0.717) is 5.56 Å². The van der Waals surface area contributed by atoms with Gasteiger partial charge in [0.05, 0.1) is 13.1 Å². The predicted octanol–water partition coefficient (Wildman–Crippen LogP) is 5.11. The first-order chi connectivity index (χ1) is 15.0. The van der Waals surface area contributed by atoms with E-state index in [0.717, 1.165) is 54.4 Å². The van der Waals surface area contributed by atoms with Gasteiger partial charge in [0.15, 0.2) is 0 Å². The van der Waals surface area contributed by atoms with Crippen LogP contribution in [0.5, 0.6) is 0 Å². The van der Waals surface area contributed by atoms with Crippen molar-refractivity contribution in [2.24, 2.45) is 5.92 Å². The maximum atomic E-state index is 14.2. The summed E-state index contributed by atoms with van der Waals surface area (Å²) in [7, 11) is 0. The number of quaternary nitrogens is 1. The third kappa shape index (κ3) is 5.05. The Hall–Kier alpha value is -2.50. The van der Waals surface area contributed by atoms with Gasteiger partial charge in [0.25, 0.3) is 5.91 Å². The van der Waals surface area contributed by atoms with Crippen LogP contribution in [0.25, 0.3) is 0 Å². The number of thiophene rings is 1. The van der Waals surface area contributed by atoms with E-state index in [1.165, 1.54) is 15.8 Å². The lowest BCUT2D eigenvalue weighted by Gasteiger charge is -2.34. The van der Waals surface area contributed by atoms with Gasteiger partial charge in [-0.05, 0) is 55.5 Å². The smallest absolute Gasteiger partial charge is 0.256 e. The molecule has 0 bridgehead atoms. The number of amides is 1. The highest BCUT2D eigenvalue weighted by Gasteiger charge is 2.33. The summed E-state index contributed by atoms with van der Waals surface area (Å²) < 4.78 is 14.2. The molecule has 0 spiro atoms. The maximum absolute atomic E-state index is 14.2. The molecule has 1 aromatic heterocycles. The SMILES string of the molecule is CCc1cc([C@@H](c2cccc(F)c2)[NH+]2CCC(C)CC2)c(NC(=O)c2ccccc2)s1. The average molecular weight is 438 g/mol. The summed E-state index contributed by atoms with van der Waals surface area (Å²) in [5.74, 6) is 0.405. The van der Waals surface area contributed by atoms with Crippen LogP contribution in [-0.2, 0) is 6.42 Å². The maximum Gasteiger partial charge on any atom is 0.256 e. The van der Waals surface area contributed by atoms with E-state index in [4.69, 9.17) is 0 Å². The molecule has 3 nitrogen and oxygen atoms in total. The van der Waals surface area contributed by atoms with Crippen molar-refractivity contribution in [2.75, 3.05) is 18.4 Å². The van der Waals surface area contributed by atoms with Gasteiger partial charge in [0.1, 0.15) is 16.9 Å². The Morgan fingerprint density at radius 1 is 1.13 bits per heavy atom. The zero-order valence-electron chi connectivity index (χ0n) is 18.2. The molecule has 5 heteroatoms. The van der Waals surface area contributed by atoms with E-state index in [-0.39, 0.29) is 17.8 Å². The molecule has 1 atom stereocenters. The Morgan fingerprint density at radius 3 is 2.55 bits per heavy atom. The second kappa shape index (κ2) is 9.75. The molecular formula is C26H30FN2OS+. The minimum Gasteiger partial charge on any atom is -0.325 e. The standard InChI is InChI=1S/C26H29FN2OS/c1-3-22-17-23(26(31-22)28-25(30)19-8-5-4-6-9-19)24(20-10-7-11-21(27)16-20)29-14-12-18(2)13-15-29/h4-11,16-18,24H,3,12-15H2,1-2H3,(H,28,30)/p+1/t24-/m1/s1. The van der Waals surface area contributed by atoms with Crippen LogP contribution in [-0.4, -0.2) is 19.0 Å². The number of rotatable bonds is 6. The van der Waals surface area contributed by atoms with Crippen molar-refractivity contribution in [1.29, 1.82) is 0 Å². The molecular weight excluding hydrogens is 407 g/mol. The highest BCUT2D eigenvalue weighted by atomic mass is 32.1. The van der Waals surface area contributed by atoms with Crippen LogP contribution in [0.1, 0.15) is 59.1 Å². The molecule has 0 radical (unpaired) electrons. The first-order valence-electron chi connectivity index (χ1n) is 11.1. The molecule has 2 aromatic carbocycles. The summed E-state index contributed by atoms with van der Waals surface area (Å²) >= 11 is 1.64. The van der Waals surface area contributed by atoms with Gasteiger partial charge in [-0.25, -0.2) is 4.39 Å². The van der Waals surface area contributed by atoms with E-state index >= 15 is 0 Å². The molecule has 1 saturated heterocycles. The number of piperidine rings is 1. The average Bonchev–Trinajstić information content (AvgIpc) is 3.18. The Labute approximate surface area is 187 Å². The third-order valence-electron chi connectivity index (χ3n) is 6.24. The fraction of sp³-hybridized carbons (Fsp3) is 0.346. The molecule has 3 aromatic rings. The molecule has 4 rings (SSSR count). The van der Waals surface area contributed by atoms with Crippen LogP contribution in [0.4, 0.5) is 9.39 Å². The molecule has 162 valence electrons. The zero-order chi connectivity index (χ0) is 21.8. The van der Waals surface area contributed by atoms with Gasteiger partial charge in [-0.15, -0.1) is 11.3 Å². The Balaban J connectivity index is 1.73. The molecule has 1 amide bonds. The summed E-state index contributed by atoms with van der Waals surface area (Å²) in [5.41, 5.74) is 2.71. The number of carbonyl (C=O) groups is 1. The number of anilines is 1. The minimum absolute atomic E-state index is 0.00539. The van der Waals surface area contributed by atoms with Crippen molar-refractivity contribution in [3.63, 3.8) is 0 Å². The van der Waals surface area contributed by atoms with Crippen LogP contribution in [0, 0.1) is 11.7 Å². The summed E-state index contributed by atoms with van der Waals surface area (Å²) in [6.07, 6.45) is 3.23. The van der Waals surface area contributed by atoms with Crippen LogP contribution >= 0.6 is 11.3 Å². The molecule has 1 aliphatic rings. The van der Waals surface area contributed by atoms with Gasteiger partial charge in [-0.3, -0.25) is 4.79 Å². The zero-order valence-corrected chi connectivity index (χ0v) is 19.0. The number of likely N-dealkylation sites (tertiary alicyclic amines) is 1. The van der Waals surface area contributed by atoms with E-state index in [2.05, 4.69) is 25.2 Å². The van der Waals surface area contributed by atoms with Crippen molar-refractivity contribution < 1.29 is 14.1 Å². The van der Waals surface area contributed by atoms with Gasteiger partial charge in [-0.2, -0.15) is 0 Å². The van der Waals surface area contributed by atoms with Crippen molar-refractivity contribution in [1.82, 2.24) is 0 Å². The second-order valence-corrected chi connectivity index (χ2v) is 9.64. The van der Waals surface area contributed by atoms with Gasteiger partial charge in [0, 0.05) is 21.6 Å². The molecule has 0 saturated carbocycles. The number of nitrogens with one attached hydrogen (secondary N) is 2. The number of aryl methyl sites for hydroxylation is 1. The quantitative estimate of drug-likeness (QED) is 0.552. The lowest BCUT2D eigenvalue weighted by molar-refractivity contribution is -0.931. The van der Waals surface area contributed by atoms with Crippen molar-refractivity contribution in [3.05, 3.63) is 88.0 Å². The number of hydrogen-bond donors (Lipinski definition) is 2.